The molecular formula is C24H19N3O2. The Balaban J connectivity index is 1.69. The van der Waals surface area contributed by atoms with E-state index in [1.54, 1.807) is 29.4 Å². The lowest BCUT2D eigenvalue weighted by molar-refractivity contribution is -0.117. The molecule has 3 heterocycles. The number of nitrogens with one attached hydrogen (secondary N) is 1. The van der Waals surface area contributed by atoms with Crippen molar-refractivity contribution < 1.29 is 9.59 Å². The zero-order chi connectivity index (χ0) is 19.8. The summed E-state index contributed by atoms with van der Waals surface area (Å²) < 4.78 is 0. The van der Waals surface area contributed by atoms with Gasteiger partial charge in [-0.3, -0.25) is 14.6 Å². The van der Waals surface area contributed by atoms with Crippen molar-refractivity contribution in [3.63, 3.8) is 0 Å². The number of H-pyrrole nitrogens is 1. The minimum atomic E-state index is -0.103. The molecule has 0 unspecified atom stereocenters. The van der Waals surface area contributed by atoms with Crippen molar-refractivity contribution in [1.82, 2.24) is 9.97 Å². The van der Waals surface area contributed by atoms with Crippen molar-refractivity contribution in [3.8, 4) is 11.1 Å². The highest BCUT2D eigenvalue weighted by atomic mass is 16.2. The van der Waals surface area contributed by atoms with Crippen LogP contribution in [0.1, 0.15) is 28.8 Å². The van der Waals surface area contributed by atoms with Crippen molar-refractivity contribution >= 4 is 28.3 Å². The van der Waals surface area contributed by atoms with Crippen molar-refractivity contribution in [3.05, 3.63) is 84.3 Å². The van der Waals surface area contributed by atoms with E-state index >= 15 is 0 Å². The maximum absolute atomic E-state index is 13.1. The van der Waals surface area contributed by atoms with E-state index < -0.39 is 0 Å². The number of carbonyl (C=O) groups is 2. The maximum atomic E-state index is 13.1. The van der Waals surface area contributed by atoms with Gasteiger partial charge in [0.2, 0.25) is 5.91 Å². The Bertz CT molecular complexity index is 1230. The van der Waals surface area contributed by atoms with E-state index in [1.165, 1.54) is 0 Å². The van der Waals surface area contributed by atoms with Gasteiger partial charge in [-0.2, -0.15) is 0 Å². The molecule has 142 valence electrons. The highest BCUT2D eigenvalue weighted by Crippen LogP contribution is 2.34. The molecular weight excluding hydrogens is 362 g/mol. The van der Waals surface area contributed by atoms with Crippen molar-refractivity contribution in [2.75, 3.05) is 11.4 Å². The highest BCUT2D eigenvalue weighted by Gasteiger charge is 2.24. The highest BCUT2D eigenvalue weighted by molar-refractivity contribution is 6.11. The van der Waals surface area contributed by atoms with E-state index in [-0.39, 0.29) is 11.7 Å². The van der Waals surface area contributed by atoms with E-state index in [0.29, 0.717) is 24.1 Å². The predicted octanol–water partition coefficient (Wildman–Crippen LogP) is 4.59. The Labute approximate surface area is 168 Å². The maximum Gasteiger partial charge on any atom is 0.227 e. The number of benzene rings is 2. The van der Waals surface area contributed by atoms with Crippen LogP contribution in [0.4, 0.5) is 5.69 Å². The number of anilines is 1. The van der Waals surface area contributed by atoms with Crippen molar-refractivity contribution in [1.29, 1.82) is 0 Å². The summed E-state index contributed by atoms with van der Waals surface area (Å²) in [5, 5.41) is 1.08. The lowest BCUT2D eigenvalue weighted by Crippen LogP contribution is -2.24. The molecule has 5 rings (SSSR count). The molecule has 5 nitrogen and oxygen atoms in total. The van der Waals surface area contributed by atoms with Gasteiger partial charge in [-0.05, 0) is 60.0 Å². The van der Waals surface area contributed by atoms with Crippen LogP contribution in [0.5, 0.6) is 0 Å². The molecule has 0 saturated carbocycles. The van der Waals surface area contributed by atoms with Gasteiger partial charge in [-0.15, -0.1) is 0 Å². The second-order valence-electron chi connectivity index (χ2n) is 7.23. The minimum absolute atomic E-state index is 0.0989. The number of aromatic amines is 1. The first kappa shape index (κ1) is 17.4. The average Bonchev–Trinajstić information content (AvgIpc) is 3.42. The van der Waals surface area contributed by atoms with E-state index in [1.807, 2.05) is 48.7 Å². The van der Waals surface area contributed by atoms with Gasteiger partial charge in [0.05, 0.1) is 0 Å². The molecule has 1 amide bonds. The summed E-state index contributed by atoms with van der Waals surface area (Å²) in [6.45, 7) is 0.678. The number of carbonyl (C=O) groups excluding carboxylic acids is 2. The Morgan fingerprint density at radius 3 is 2.76 bits per heavy atom. The quantitative estimate of drug-likeness (QED) is 0.526. The fourth-order valence-electron chi connectivity index (χ4n) is 3.98. The molecule has 4 aromatic rings. The fraction of sp³-hybridized carbons (Fsp3) is 0.125. The molecule has 0 radical (unpaired) electrons. The van der Waals surface area contributed by atoms with Crippen LogP contribution in [0.25, 0.3) is 22.0 Å². The largest absolute Gasteiger partial charge is 0.361 e. The third-order valence-electron chi connectivity index (χ3n) is 5.39. The van der Waals surface area contributed by atoms with E-state index in [0.717, 1.165) is 34.1 Å². The minimum Gasteiger partial charge on any atom is -0.361 e. The zero-order valence-electron chi connectivity index (χ0n) is 15.8. The molecule has 2 aromatic carbocycles. The Hall–Kier alpha value is -3.73. The third-order valence-corrected chi connectivity index (χ3v) is 5.39. The molecule has 5 heteroatoms. The first-order valence-electron chi connectivity index (χ1n) is 9.67. The van der Waals surface area contributed by atoms with Crippen LogP contribution < -0.4 is 4.90 Å². The van der Waals surface area contributed by atoms with Gasteiger partial charge in [0, 0.05) is 59.3 Å². The smallest absolute Gasteiger partial charge is 0.227 e. The Morgan fingerprint density at radius 2 is 1.97 bits per heavy atom. The SMILES string of the molecule is O=C(c1cccnc1)c1cc(-c2cccc3[nH]ccc23)cc(N2CCCC2=O)c1. The summed E-state index contributed by atoms with van der Waals surface area (Å²) in [6, 6.07) is 17.3. The predicted molar refractivity (Wildman–Crippen MR) is 113 cm³/mol. The summed E-state index contributed by atoms with van der Waals surface area (Å²) in [6.07, 6.45) is 6.51. The molecule has 1 fully saturated rings. The molecule has 1 N–H and O–H groups in total. The van der Waals surface area contributed by atoms with Gasteiger partial charge in [-0.1, -0.05) is 12.1 Å². The van der Waals surface area contributed by atoms with Crippen LogP contribution in [0, 0.1) is 0 Å². The molecule has 0 aliphatic carbocycles. The average molecular weight is 381 g/mol. The van der Waals surface area contributed by atoms with Gasteiger partial charge in [0.25, 0.3) is 0 Å². The van der Waals surface area contributed by atoms with E-state index in [4.69, 9.17) is 0 Å². The molecule has 0 atom stereocenters. The number of nitrogens with zero attached hydrogens (tertiary/aromatic N) is 2. The molecule has 29 heavy (non-hydrogen) atoms. The van der Waals surface area contributed by atoms with Crippen LogP contribution in [0.2, 0.25) is 0 Å². The standard InChI is InChI=1S/C24H19N3O2/c28-23-7-3-11-27(23)19-13-17(20-5-1-6-22-21(20)8-10-26-22)12-18(14-19)24(29)16-4-2-9-25-15-16/h1-2,4-6,8-10,12-15,26H,3,7,11H2. The molecule has 2 aromatic heterocycles. The van der Waals surface area contributed by atoms with Gasteiger partial charge in [-0.25, -0.2) is 0 Å². The lowest BCUT2D eigenvalue weighted by Gasteiger charge is -2.18. The van der Waals surface area contributed by atoms with Crippen molar-refractivity contribution in [2.45, 2.75) is 12.8 Å². The first-order chi connectivity index (χ1) is 14.2. The topological polar surface area (TPSA) is 66.1 Å². The number of amides is 1. The number of hydrogen-bond donors (Lipinski definition) is 1. The van der Waals surface area contributed by atoms with Crippen LogP contribution in [-0.4, -0.2) is 28.2 Å². The van der Waals surface area contributed by atoms with E-state index in [9.17, 15) is 9.59 Å². The fourth-order valence-corrected chi connectivity index (χ4v) is 3.98. The first-order valence-corrected chi connectivity index (χ1v) is 9.67. The summed E-state index contributed by atoms with van der Waals surface area (Å²) >= 11 is 0. The number of hydrogen-bond acceptors (Lipinski definition) is 3. The van der Waals surface area contributed by atoms with Gasteiger partial charge >= 0.3 is 0 Å². The molecule has 0 bridgehead atoms. The van der Waals surface area contributed by atoms with Gasteiger partial charge in [0.1, 0.15) is 0 Å². The third kappa shape index (κ3) is 3.10. The Kier molecular flexibility index (Phi) is 4.21. The monoisotopic (exact) mass is 381 g/mol. The zero-order valence-corrected chi connectivity index (χ0v) is 15.8. The van der Waals surface area contributed by atoms with Crippen molar-refractivity contribution in [2.24, 2.45) is 0 Å². The summed E-state index contributed by atoms with van der Waals surface area (Å²) in [4.78, 5) is 34.6. The Morgan fingerprint density at radius 1 is 1.03 bits per heavy atom. The summed E-state index contributed by atoms with van der Waals surface area (Å²) in [5.74, 6) is -0.00382. The van der Waals surface area contributed by atoms with Gasteiger partial charge in [0.15, 0.2) is 5.78 Å². The number of rotatable bonds is 4. The van der Waals surface area contributed by atoms with Crippen LogP contribution in [-0.2, 0) is 4.79 Å². The van der Waals surface area contributed by atoms with Crippen LogP contribution >= 0.6 is 0 Å². The molecule has 1 saturated heterocycles. The molecule has 1 aliphatic heterocycles. The second-order valence-corrected chi connectivity index (χ2v) is 7.23. The summed E-state index contributed by atoms with van der Waals surface area (Å²) in [5.41, 5.74) is 4.83. The normalized spacial score (nSPS) is 13.9. The van der Waals surface area contributed by atoms with Crippen LogP contribution in [0.15, 0.2) is 73.2 Å². The van der Waals surface area contributed by atoms with Crippen LogP contribution in [0.3, 0.4) is 0 Å². The summed E-state index contributed by atoms with van der Waals surface area (Å²) in [7, 11) is 0. The second kappa shape index (κ2) is 7.02. The number of fused-ring (bicyclic) bond motifs is 1. The number of ketones is 1. The number of aromatic nitrogens is 2. The molecule has 1 aliphatic rings. The lowest BCUT2D eigenvalue weighted by atomic mass is 9.95. The van der Waals surface area contributed by atoms with Gasteiger partial charge < -0.3 is 9.88 Å². The number of pyridine rings is 1. The molecule has 0 spiro atoms. The van der Waals surface area contributed by atoms with E-state index in [2.05, 4.69) is 9.97 Å².